The van der Waals surface area contributed by atoms with Gasteiger partial charge in [-0.1, -0.05) is 6.42 Å². The standard InChI is InChI=1S/C9H17NO4/c1-13-9(14-2)8-5-3-4-7(8)6-10(11)12/h7-9H,3-6H2,1-2H3/t7-,8+/m0/s1. The van der Waals surface area contributed by atoms with E-state index in [1.165, 1.54) is 0 Å². The molecule has 0 N–H and O–H groups in total. The molecule has 0 bridgehead atoms. The van der Waals surface area contributed by atoms with Gasteiger partial charge in [0, 0.05) is 31.0 Å². The highest BCUT2D eigenvalue weighted by molar-refractivity contribution is 4.79. The van der Waals surface area contributed by atoms with Crippen LogP contribution < -0.4 is 0 Å². The normalized spacial score (nSPS) is 27.1. The highest BCUT2D eigenvalue weighted by Gasteiger charge is 2.36. The minimum absolute atomic E-state index is 0.0356. The summed E-state index contributed by atoms with van der Waals surface area (Å²) in [5.74, 6) is 0.283. The van der Waals surface area contributed by atoms with Crippen molar-refractivity contribution in [1.82, 2.24) is 0 Å². The fourth-order valence-corrected chi connectivity index (χ4v) is 2.29. The van der Waals surface area contributed by atoms with Gasteiger partial charge in [-0.25, -0.2) is 0 Å². The summed E-state index contributed by atoms with van der Waals surface area (Å²) >= 11 is 0. The summed E-state index contributed by atoms with van der Waals surface area (Å²) in [6, 6.07) is 0. The largest absolute Gasteiger partial charge is 0.356 e. The number of rotatable bonds is 5. The van der Waals surface area contributed by atoms with E-state index < -0.39 is 0 Å². The van der Waals surface area contributed by atoms with Gasteiger partial charge in [0.2, 0.25) is 6.54 Å². The highest BCUT2D eigenvalue weighted by atomic mass is 16.7. The molecule has 82 valence electrons. The molecule has 0 unspecified atom stereocenters. The molecule has 0 aromatic rings. The lowest BCUT2D eigenvalue weighted by Gasteiger charge is -2.24. The van der Waals surface area contributed by atoms with Crippen molar-refractivity contribution in [3.63, 3.8) is 0 Å². The van der Waals surface area contributed by atoms with Crippen molar-refractivity contribution in [3.8, 4) is 0 Å². The second-order valence-corrected chi connectivity index (χ2v) is 3.71. The second-order valence-electron chi connectivity index (χ2n) is 3.71. The number of nitro groups is 1. The van der Waals surface area contributed by atoms with Crippen LogP contribution >= 0.6 is 0 Å². The van der Waals surface area contributed by atoms with Gasteiger partial charge >= 0.3 is 0 Å². The van der Waals surface area contributed by atoms with E-state index in [0.717, 1.165) is 19.3 Å². The van der Waals surface area contributed by atoms with Crippen LogP contribution in [0.25, 0.3) is 0 Å². The molecule has 0 saturated heterocycles. The van der Waals surface area contributed by atoms with E-state index >= 15 is 0 Å². The van der Waals surface area contributed by atoms with Crippen molar-refractivity contribution in [1.29, 1.82) is 0 Å². The van der Waals surface area contributed by atoms with Gasteiger partial charge in [0.25, 0.3) is 0 Å². The molecule has 1 fully saturated rings. The molecular weight excluding hydrogens is 186 g/mol. The fraction of sp³-hybridized carbons (Fsp3) is 1.00. The lowest BCUT2D eigenvalue weighted by Crippen LogP contribution is -2.31. The van der Waals surface area contributed by atoms with E-state index in [9.17, 15) is 10.1 Å². The summed E-state index contributed by atoms with van der Waals surface area (Å²) in [5.41, 5.74) is 0. The van der Waals surface area contributed by atoms with Crippen molar-refractivity contribution < 1.29 is 14.4 Å². The van der Waals surface area contributed by atoms with Crippen LogP contribution in [-0.4, -0.2) is 32.0 Å². The summed E-state index contributed by atoms with van der Waals surface area (Å²) < 4.78 is 10.3. The van der Waals surface area contributed by atoms with Crippen LogP contribution in [0.1, 0.15) is 19.3 Å². The Labute approximate surface area is 83.5 Å². The first-order chi connectivity index (χ1) is 6.69. The number of hydrogen-bond acceptors (Lipinski definition) is 4. The predicted octanol–water partition coefficient (Wildman–Crippen LogP) is 1.30. The smallest absolute Gasteiger partial charge is 0.207 e. The van der Waals surface area contributed by atoms with Crippen molar-refractivity contribution >= 4 is 0 Å². The van der Waals surface area contributed by atoms with E-state index in [-0.39, 0.29) is 29.6 Å². The summed E-state index contributed by atoms with van der Waals surface area (Å²) in [6.07, 6.45) is 2.62. The average Bonchev–Trinajstić information content (AvgIpc) is 2.55. The molecule has 0 amide bonds. The van der Waals surface area contributed by atoms with Crippen LogP contribution in [0.4, 0.5) is 0 Å². The summed E-state index contributed by atoms with van der Waals surface area (Å²) in [5, 5.41) is 10.4. The minimum atomic E-state index is -0.289. The maximum Gasteiger partial charge on any atom is 0.207 e. The maximum absolute atomic E-state index is 10.4. The van der Waals surface area contributed by atoms with Gasteiger partial charge in [-0.3, -0.25) is 10.1 Å². The molecule has 14 heavy (non-hydrogen) atoms. The SMILES string of the molecule is COC(OC)[C@@H]1CCC[C@H]1C[N+](=O)[O-]. The molecule has 0 heterocycles. The Morgan fingerprint density at radius 1 is 1.43 bits per heavy atom. The van der Waals surface area contributed by atoms with E-state index in [1.807, 2.05) is 0 Å². The Morgan fingerprint density at radius 3 is 2.57 bits per heavy atom. The maximum atomic E-state index is 10.4. The molecule has 5 heteroatoms. The van der Waals surface area contributed by atoms with Crippen molar-refractivity contribution in [2.75, 3.05) is 20.8 Å². The van der Waals surface area contributed by atoms with E-state index in [0.29, 0.717) is 0 Å². The number of nitrogens with zero attached hydrogens (tertiary/aromatic N) is 1. The number of hydrogen-bond donors (Lipinski definition) is 0. The Morgan fingerprint density at radius 2 is 2.07 bits per heavy atom. The zero-order valence-corrected chi connectivity index (χ0v) is 8.64. The Hall–Kier alpha value is -0.680. The van der Waals surface area contributed by atoms with Gasteiger partial charge in [-0.2, -0.15) is 0 Å². The molecule has 0 aromatic carbocycles. The summed E-state index contributed by atoms with van der Waals surface area (Å²) in [4.78, 5) is 10.2. The zero-order chi connectivity index (χ0) is 10.6. The van der Waals surface area contributed by atoms with Crippen LogP contribution in [0.3, 0.4) is 0 Å². The van der Waals surface area contributed by atoms with Crippen LogP contribution in [0.15, 0.2) is 0 Å². The molecular formula is C9H17NO4. The molecule has 5 nitrogen and oxygen atoms in total. The van der Waals surface area contributed by atoms with Crippen LogP contribution in [0.5, 0.6) is 0 Å². The zero-order valence-electron chi connectivity index (χ0n) is 8.64. The average molecular weight is 203 g/mol. The second kappa shape index (κ2) is 5.26. The quantitative estimate of drug-likeness (QED) is 0.384. The Bertz CT molecular complexity index is 193. The van der Waals surface area contributed by atoms with Gasteiger partial charge in [-0.15, -0.1) is 0 Å². The summed E-state index contributed by atoms with van der Waals surface area (Å²) in [7, 11) is 3.16. The van der Waals surface area contributed by atoms with Crippen molar-refractivity contribution in [2.24, 2.45) is 11.8 Å². The van der Waals surface area contributed by atoms with Gasteiger partial charge < -0.3 is 9.47 Å². The van der Waals surface area contributed by atoms with Crippen molar-refractivity contribution in [3.05, 3.63) is 10.1 Å². The number of methoxy groups -OCH3 is 2. The number of ether oxygens (including phenoxy) is 2. The lowest BCUT2D eigenvalue weighted by atomic mass is 9.95. The molecule has 0 radical (unpaired) electrons. The topological polar surface area (TPSA) is 61.6 Å². The molecule has 1 aliphatic carbocycles. The molecule has 1 aliphatic rings. The van der Waals surface area contributed by atoms with E-state index in [1.54, 1.807) is 14.2 Å². The van der Waals surface area contributed by atoms with Crippen LogP contribution in [0.2, 0.25) is 0 Å². The monoisotopic (exact) mass is 203 g/mol. The van der Waals surface area contributed by atoms with E-state index in [2.05, 4.69) is 0 Å². The highest BCUT2D eigenvalue weighted by Crippen LogP contribution is 2.35. The molecule has 1 saturated carbocycles. The first kappa shape index (κ1) is 11.4. The van der Waals surface area contributed by atoms with Crippen molar-refractivity contribution in [2.45, 2.75) is 25.6 Å². The van der Waals surface area contributed by atoms with Crippen LogP contribution in [-0.2, 0) is 9.47 Å². The van der Waals surface area contributed by atoms with Gasteiger partial charge in [0.15, 0.2) is 6.29 Å². The first-order valence-corrected chi connectivity index (χ1v) is 4.86. The molecule has 2 atom stereocenters. The Balaban J connectivity index is 2.53. The lowest BCUT2D eigenvalue weighted by molar-refractivity contribution is -0.490. The van der Waals surface area contributed by atoms with Crippen LogP contribution in [0, 0.1) is 22.0 Å². The third-order valence-electron chi connectivity index (χ3n) is 2.92. The molecule has 0 aromatic heterocycles. The summed E-state index contributed by atoms with van der Waals surface area (Å²) in [6.45, 7) is 0.0356. The molecule has 0 spiro atoms. The minimum Gasteiger partial charge on any atom is -0.356 e. The van der Waals surface area contributed by atoms with Gasteiger partial charge in [0.1, 0.15) is 0 Å². The third kappa shape index (κ3) is 2.65. The van der Waals surface area contributed by atoms with Gasteiger partial charge in [-0.05, 0) is 12.8 Å². The van der Waals surface area contributed by atoms with E-state index in [4.69, 9.17) is 9.47 Å². The van der Waals surface area contributed by atoms with Gasteiger partial charge in [0.05, 0.1) is 0 Å². The fourth-order valence-electron chi connectivity index (χ4n) is 2.29. The molecule has 0 aliphatic heterocycles. The third-order valence-corrected chi connectivity index (χ3v) is 2.92. The Kier molecular flexibility index (Phi) is 4.28. The molecule has 1 rings (SSSR count). The predicted molar refractivity (Wildman–Crippen MR) is 50.5 cm³/mol. The first-order valence-electron chi connectivity index (χ1n) is 4.86.